The van der Waals surface area contributed by atoms with E-state index in [1.165, 1.54) is 0 Å². The molecular formula is C19H19NO3. The number of ketones is 1. The standard InChI is InChI=1S/C19H19NO3/c1-22-17-10-13-5-6-14(9-12-3-7-15(20)8-4-12)19(21)16(13)11-18(17)23-2/h3-4,7-11H,5-6,20H2,1-2H3/b14-9+. The van der Waals surface area contributed by atoms with Gasteiger partial charge in [-0.2, -0.15) is 0 Å². The molecular weight excluding hydrogens is 290 g/mol. The van der Waals surface area contributed by atoms with Crippen LogP contribution in [0.3, 0.4) is 0 Å². The SMILES string of the molecule is COc1cc2c(cc1OC)C(=O)/C(=C/c1ccc(N)cc1)CC2. The number of Topliss-reactive ketones (excluding diaryl/α,β-unsaturated/α-hetero) is 1. The quantitative estimate of drug-likeness (QED) is 0.696. The van der Waals surface area contributed by atoms with Crippen LogP contribution in [0.4, 0.5) is 5.69 Å². The topological polar surface area (TPSA) is 61.5 Å². The number of hydrogen-bond acceptors (Lipinski definition) is 4. The maximum Gasteiger partial charge on any atom is 0.189 e. The summed E-state index contributed by atoms with van der Waals surface area (Å²) >= 11 is 0. The minimum absolute atomic E-state index is 0.0454. The molecule has 2 aromatic rings. The van der Waals surface area contributed by atoms with Gasteiger partial charge in [-0.15, -0.1) is 0 Å². The van der Waals surface area contributed by atoms with Crippen LogP contribution in [-0.4, -0.2) is 20.0 Å². The first kappa shape index (κ1) is 15.2. The highest BCUT2D eigenvalue weighted by Crippen LogP contribution is 2.35. The largest absolute Gasteiger partial charge is 0.493 e. The van der Waals surface area contributed by atoms with Crippen molar-refractivity contribution in [2.75, 3.05) is 20.0 Å². The third-order valence-corrected chi connectivity index (χ3v) is 4.09. The lowest BCUT2D eigenvalue weighted by Gasteiger charge is -2.20. The fourth-order valence-electron chi connectivity index (χ4n) is 2.83. The van der Waals surface area contributed by atoms with Crippen molar-refractivity contribution < 1.29 is 14.3 Å². The van der Waals surface area contributed by atoms with Crippen LogP contribution in [0.5, 0.6) is 11.5 Å². The highest BCUT2D eigenvalue weighted by molar-refractivity contribution is 6.13. The van der Waals surface area contributed by atoms with Crippen LogP contribution in [0, 0.1) is 0 Å². The maximum atomic E-state index is 12.8. The Bertz CT molecular complexity index is 776. The maximum absolute atomic E-state index is 12.8. The van der Waals surface area contributed by atoms with E-state index < -0.39 is 0 Å². The monoisotopic (exact) mass is 309 g/mol. The van der Waals surface area contributed by atoms with Gasteiger partial charge in [0, 0.05) is 16.8 Å². The predicted molar refractivity (Wildman–Crippen MR) is 91.0 cm³/mol. The van der Waals surface area contributed by atoms with E-state index in [9.17, 15) is 4.79 Å². The first-order valence-corrected chi connectivity index (χ1v) is 7.48. The zero-order valence-corrected chi connectivity index (χ0v) is 13.3. The highest BCUT2D eigenvalue weighted by atomic mass is 16.5. The number of aryl methyl sites for hydroxylation is 1. The number of hydrogen-bond donors (Lipinski definition) is 1. The van der Waals surface area contributed by atoms with E-state index in [-0.39, 0.29) is 5.78 Å². The van der Waals surface area contributed by atoms with Crippen LogP contribution >= 0.6 is 0 Å². The Morgan fingerprint density at radius 2 is 1.65 bits per heavy atom. The number of rotatable bonds is 3. The molecule has 23 heavy (non-hydrogen) atoms. The Morgan fingerprint density at radius 3 is 2.30 bits per heavy atom. The van der Waals surface area contributed by atoms with E-state index in [1.54, 1.807) is 20.3 Å². The molecule has 0 heterocycles. The average Bonchev–Trinajstić information content (AvgIpc) is 2.58. The van der Waals surface area contributed by atoms with E-state index in [1.807, 2.05) is 36.4 Å². The second-order valence-corrected chi connectivity index (χ2v) is 5.53. The molecule has 4 nitrogen and oxygen atoms in total. The Labute approximate surface area is 135 Å². The minimum atomic E-state index is 0.0454. The highest BCUT2D eigenvalue weighted by Gasteiger charge is 2.24. The second-order valence-electron chi connectivity index (χ2n) is 5.53. The van der Waals surface area contributed by atoms with Crippen molar-refractivity contribution >= 4 is 17.5 Å². The van der Waals surface area contributed by atoms with Crippen molar-refractivity contribution in [3.05, 3.63) is 58.7 Å². The van der Waals surface area contributed by atoms with Gasteiger partial charge in [-0.05, 0) is 54.3 Å². The average molecular weight is 309 g/mol. The zero-order valence-electron chi connectivity index (χ0n) is 13.3. The van der Waals surface area contributed by atoms with Gasteiger partial charge in [0.05, 0.1) is 14.2 Å². The molecule has 1 aliphatic carbocycles. The number of nitrogens with two attached hydrogens (primary N) is 1. The number of benzene rings is 2. The van der Waals surface area contributed by atoms with E-state index in [0.717, 1.165) is 23.1 Å². The molecule has 0 saturated carbocycles. The van der Waals surface area contributed by atoms with Gasteiger partial charge in [0.2, 0.25) is 0 Å². The Kier molecular flexibility index (Phi) is 4.06. The summed E-state index contributed by atoms with van der Waals surface area (Å²) in [5.41, 5.74) is 9.88. The van der Waals surface area contributed by atoms with Crippen LogP contribution < -0.4 is 15.2 Å². The number of carbonyl (C=O) groups excluding carboxylic acids is 1. The van der Waals surface area contributed by atoms with Crippen LogP contribution in [0.25, 0.3) is 6.08 Å². The summed E-state index contributed by atoms with van der Waals surface area (Å²) in [4.78, 5) is 12.8. The molecule has 3 rings (SSSR count). The van der Waals surface area contributed by atoms with E-state index in [4.69, 9.17) is 15.2 Å². The van der Waals surface area contributed by atoms with Gasteiger partial charge in [-0.25, -0.2) is 0 Å². The summed E-state index contributed by atoms with van der Waals surface area (Å²) in [6.45, 7) is 0. The summed E-state index contributed by atoms with van der Waals surface area (Å²) in [5, 5.41) is 0. The first-order chi connectivity index (χ1) is 11.1. The molecule has 0 radical (unpaired) electrons. The molecule has 0 unspecified atom stereocenters. The van der Waals surface area contributed by atoms with Gasteiger partial charge in [-0.1, -0.05) is 12.1 Å². The summed E-state index contributed by atoms with van der Waals surface area (Å²) in [7, 11) is 3.17. The lowest BCUT2D eigenvalue weighted by atomic mass is 9.85. The van der Waals surface area contributed by atoms with Crippen molar-refractivity contribution in [3.8, 4) is 11.5 Å². The predicted octanol–water partition coefficient (Wildman–Crippen LogP) is 3.50. The van der Waals surface area contributed by atoms with Crippen LogP contribution in [0.15, 0.2) is 42.0 Å². The van der Waals surface area contributed by atoms with Crippen LogP contribution in [0.2, 0.25) is 0 Å². The third-order valence-electron chi connectivity index (χ3n) is 4.09. The summed E-state index contributed by atoms with van der Waals surface area (Å²) < 4.78 is 10.6. The van der Waals surface area contributed by atoms with Crippen molar-refractivity contribution in [1.82, 2.24) is 0 Å². The zero-order chi connectivity index (χ0) is 16.4. The Hall–Kier alpha value is -2.75. The molecule has 0 amide bonds. The number of carbonyl (C=O) groups is 1. The summed E-state index contributed by atoms with van der Waals surface area (Å²) in [6.07, 6.45) is 3.45. The number of methoxy groups -OCH3 is 2. The number of fused-ring (bicyclic) bond motifs is 1. The van der Waals surface area contributed by atoms with E-state index >= 15 is 0 Å². The third kappa shape index (κ3) is 2.93. The molecule has 2 aromatic carbocycles. The molecule has 0 spiro atoms. The molecule has 0 saturated heterocycles. The molecule has 0 aliphatic heterocycles. The van der Waals surface area contributed by atoms with E-state index in [0.29, 0.717) is 29.2 Å². The van der Waals surface area contributed by atoms with Crippen LogP contribution in [0.1, 0.15) is 27.9 Å². The molecule has 0 atom stereocenters. The van der Waals surface area contributed by atoms with Gasteiger partial charge in [-0.3, -0.25) is 4.79 Å². The van der Waals surface area contributed by atoms with Gasteiger partial charge >= 0.3 is 0 Å². The normalized spacial score (nSPS) is 15.4. The van der Waals surface area contributed by atoms with Crippen molar-refractivity contribution in [2.24, 2.45) is 0 Å². The fraction of sp³-hybridized carbons (Fsp3) is 0.211. The number of nitrogen functional groups attached to an aromatic ring is 1. The fourth-order valence-corrected chi connectivity index (χ4v) is 2.83. The summed E-state index contributed by atoms with van der Waals surface area (Å²) in [5.74, 6) is 1.28. The van der Waals surface area contributed by atoms with Gasteiger partial charge in [0.25, 0.3) is 0 Å². The van der Waals surface area contributed by atoms with Crippen molar-refractivity contribution in [3.63, 3.8) is 0 Å². The first-order valence-electron chi connectivity index (χ1n) is 7.48. The summed E-state index contributed by atoms with van der Waals surface area (Å²) in [6, 6.07) is 11.2. The molecule has 118 valence electrons. The molecule has 0 fully saturated rings. The lowest BCUT2D eigenvalue weighted by Crippen LogP contribution is -2.14. The minimum Gasteiger partial charge on any atom is -0.493 e. The van der Waals surface area contributed by atoms with Crippen LogP contribution in [-0.2, 0) is 6.42 Å². The smallest absolute Gasteiger partial charge is 0.189 e. The van der Waals surface area contributed by atoms with Crippen molar-refractivity contribution in [2.45, 2.75) is 12.8 Å². The Balaban J connectivity index is 1.98. The van der Waals surface area contributed by atoms with Crippen molar-refractivity contribution in [1.29, 1.82) is 0 Å². The molecule has 2 N–H and O–H groups in total. The number of anilines is 1. The van der Waals surface area contributed by atoms with Gasteiger partial charge in [0.15, 0.2) is 17.3 Å². The number of allylic oxidation sites excluding steroid dienone is 1. The lowest BCUT2D eigenvalue weighted by molar-refractivity contribution is 0.102. The second kappa shape index (κ2) is 6.16. The molecule has 0 aromatic heterocycles. The van der Waals surface area contributed by atoms with E-state index in [2.05, 4.69) is 0 Å². The van der Waals surface area contributed by atoms with Gasteiger partial charge in [0.1, 0.15) is 0 Å². The van der Waals surface area contributed by atoms with Gasteiger partial charge < -0.3 is 15.2 Å². The molecule has 4 heteroatoms. The molecule has 0 bridgehead atoms. The number of ether oxygens (including phenoxy) is 2. The Morgan fingerprint density at radius 1 is 1.00 bits per heavy atom. The molecule has 1 aliphatic rings.